The number of nitrogens with two attached hydrogens (primary N) is 1. The molecule has 1 aliphatic rings. The van der Waals surface area contributed by atoms with Crippen molar-refractivity contribution in [3.8, 4) is 0 Å². The molecule has 2 aromatic rings. The minimum absolute atomic E-state index is 0.329. The van der Waals surface area contributed by atoms with E-state index in [1.807, 2.05) is 0 Å². The lowest BCUT2D eigenvalue weighted by Crippen LogP contribution is -2.15. The minimum Gasteiger partial charge on any atom is -0.323 e. The van der Waals surface area contributed by atoms with E-state index in [0.29, 0.717) is 15.9 Å². The minimum atomic E-state index is -0.374. The Bertz CT molecular complexity index is 627. The second-order valence-corrected chi connectivity index (χ2v) is 4.95. The summed E-state index contributed by atoms with van der Waals surface area (Å²) in [5.74, 6) is 5.22. The fourth-order valence-corrected chi connectivity index (χ4v) is 2.86. The van der Waals surface area contributed by atoms with Gasteiger partial charge in [0, 0.05) is 11.1 Å². The van der Waals surface area contributed by atoms with Crippen molar-refractivity contribution in [3.05, 3.63) is 34.2 Å². The van der Waals surface area contributed by atoms with Crippen LogP contribution in [-0.2, 0) is 12.8 Å². The number of rotatable bonds is 1. The van der Waals surface area contributed by atoms with Crippen LogP contribution in [0.3, 0.4) is 0 Å². The molecule has 5 heteroatoms. The van der Waals surface area contributed by atoms with Gasteiger partial charge >= 0.3 is 0 Å². The summed E-state index contributed by atoms with van der Waals surface area (Å²) in [7, 11) is 0. The number of hydrazine groups is 1. The number of nitrogens with zero attached hydrogens (tertiary/aromatic N) is 1. The highest BCUT2D eigenvalue weighted by molar-refractivity contribution is 6.35. The molecule has 0 saturated carbocycles. The van der Waals surface area contributed by atoms with Crippen molar-refractivity contribution in [2.75, 3.05) is 5.43 Å². The Morgan fingerprint density at radius 1 is 1.28 bits per heavy atom. The quantitative estimate of drug-likeness (QED) is 0.615. The maximum atomic E-state index is 13.5. The van der Waals surface area contributed by atoms with Gasteiger partial charge in [-0.15, -0.1) is 0 Å². The number of benzene rings is 1. The summed E-state index contributed by atoms with van der Waals surface area (Å²) >= 11 is 6.06. The average molecular weight is 266 g/mol. The first kappa shape index (κ1) is 11.7. The zero-order valence-electron chi connectivity index (χ0n) is 9.76. The summed E-state index contributed by atoms with van der Waals surface area (Å²) in [6.45, 7) is 0. The van der Waals surface area contributed by atoms with E-state index < -0.39 is 0 Å². The number of fused-ring (bicyclic) bond motifs is 2. The molecular formula is C13H13ClFN3. The standard InChI is InChI=1S/C13H13ClFN3/c14-10-6-7(15)5-9-12(18-16)8-3-1-2-4-11(8)17-13(9)10/h5-6H,1-4,16H2,(H,17,18). The van der Waals surface area contributed by atoms with Crippen LogP contribution in [0.25, 0.3) is 10.9 Å². The Kier molecular flexibility index (Phi) is 2.84. The first-order valence-electron chi connectivity index (χ1n) is 5.98. The van der Waals surface area contributed by atoms with E-state index in [1.165, 1.54) is 12.1 Å². The molecule has 0 spiro atoms. The van der Waals surface area contributed by atoms with E-state index in [-0.39, 0.29) is 5.82 Å². The molecule has 0 unspecified atom stereocenters. The van der Waals surface area contributed by atoms with Gasteiger partial charge in [0.15, 0.2) is 0 Å². The molecule has 1 aromatic heterocycles. The Morgan fingerprint density at radius 2 is 2.06 bits per heavy atom. The molecule has 1 heterocycles. The van der Waals surface area contributed by atoms with Crippen LogP contribution in [0.2, 0.25) is 5.02 Å². The van der Waals surface area contributed by atoms with Gasteiger partial charge < -0.3 is 5.43 Å². The van der Waals surface area contributed by atoms with Crippen LogP contribution in [-0.4, -0.2) is 4.98 Å². The molecule has 3 nitrogen and oxygen atoms in total. The molecule has 0 aliphatic heterocycles. The number of aryl methyl sites for hydroxylation is 1. The molecule has 0 saturated heterocycles. The topological polar surface area (TPSA) is 50.9 Å². The number of nitrogen functional groups attached to an aromatic ring is 1. The largest absolute Gasteiger partial charge is 0.323 e. The van der Waals surface area contributed by atoms with Crippen LogP contribution < -0.4 is 11.3 Å². The summed E-state index contributed by atoms with van der Waals surface area (Å²) in [6, 6.07) is 2.71. The Labute approximate surface area is 109 Å². The number of aromatic nitrogens is 1. The fourth-order valence-electron chi connectivity index (χ4n) is 2.61. The highest BCUT2D eigenvalue weighted by Gasteiger charge is 2.19. The maximum absolute atomic E-state index is 13.5. The first-order valence-corrected chi connectivity index (χ1v) is 6.35. The van der Waals surface area contributed by atoms with Crippen molar-refractivity contribution >= 4 is 28.2 Å². The van der Waals surface area contributed by atoms with Gasteiger partial charge in [0.05, 0.1) is 16.2 Å². The lowest BCUT2D eigenvalue weighted by Gasteiger charge is -2.20. The highest BCUT2D eigenvalue weighted by atomic mass is 35.5. The summed E-state index contributed by atoms with van der Waals surface area (Å²) in [5.41, 5.74) is 6.18. The first-order chi connectivity index (χ1) is 8.70. The fraction of sp³-hybridized carbons (Fsp3) is 0.308. The molecule has 0 radical (unpaired) electrons. The van der Waals surface area contributed by atoms with Crippen LogP contribution in [0, 0.1) is 5.82 Å². The molecule has 1 aromatic carbocycles. The summed E-state index contributed by atoms with van der Waals surface area (Å²) < 4.78 is 13.5. The zero-order chi connectivity index (χ0) is 12.7. The SMILES string of the molecule is NNc1c2c(nc3c(Cl)cc(F)cc13)CCCC2. The van der Waals surface area contributed by atoms with Crippen LogP contribution >= 0.6 is 11.6 Å². The van der Waals surface area contributed by atoms with Crippen molar-refractivity contribution in [1.29, 1.82) is 0 Å². The highest BCUT2D eigenvalue weighted by Crippen LogP contribution is 2.35. The predicted molar refractivity (Wildman–Crippen MR) is 71.2 cm³/mol. The van der Waals surface area contributed by atoms with Crippen LogP contribution in [0.15, 0.2) is 12.1 Å². The van der Waals surface area contributed by atoms with Crippen LogP contribution in [0.1, 0.15) is 24.1 Å². The molecule has 0 atom stereocenters. The van der Waals surface area contributed by atoms with Crippen molar-refractivity contribution in [2.24, 2.45) is 5.84 Å². The third-order valence-corrected chi connectivity index (χ3v) is 3.72. The molecule has 1 aliphatic carbocycles. The molecule has 3 rings (SSSR count). The molecule has 0 fully saturated rings. The molecule has 0 amide bonds. The van der Waals surface area contributed by atoms with Gasteiger partial charge in [-0.1, -0.05) is 11.6 Å². The summed E-state index contributed by atoms with van der Waals surface area (Å²) in [5, 5.41) is 0.984. The Hall–Kier alpha value is -1.39. The van der Waals surface area contributed by atoms with Gasteiger partial charge in [0.25, 0.3) is 0 Å². The van der Waals surface area contributed by atoms with Gasteiger partial charge in [-0.3, -0.25) is 10.8 Å². The van der Waals surface area contributed by atoms with Gasteiger partial charge in [-0.25, -0.2) is 4.39 Å². The summed E-state index contributed by atoms with van der Waals surface area (Å²) in [6.07, 6.45) is 4.08. The second-order valence-electron chi connectivity index (χ2n) is 4.55. The van der Waals surface area contributed by atoms with Gasteiger partial charge in [-0.05, 0) is 43.4 Å². The van der Waals surface area contributed by atoms with Crippen molar-refractivity contribution in [2.45, 2.75) is 25.7 Å². The number of hydrogen-bond donors (Lipinski definition) is 2. The van der Waals surface area contributed by atoms with E-state index in [0.717, 1.165) is 42.6 Å². The Balaban J connectivity index is 2.40. The van der Waals surface area contributed by atoms with Gasteiger partial charge in [-0.2, -0.15) is 0 Å². The molecule has 18 heavy (non-hydrogen) atoms. The average Bonchev–Trinajstić information content (AvgIpc) is 2.36. The lowest BCUT2D eigenvalue weighted by molar-refractivity contribution is 0.629. The van der Waals surface area contributed by atoms with E-state index in [4.69, 9.17) is 17.4 Å². The number of nitrogens with one attached hydrogen (secondary N) is 1. The predicted octanol–water partition coefficient (Wildman–Crippen LogP) is 3.19. The molecule has 3 N–H and O–H groups in total. The smallest absolute Gasteiger partial charge is 0.125 e. The number of anilines is 1. The van der Waals surface area contributed by atoms with Crippen molar-refractivity contribution in [3.63, 3.8) is 0 Å². The third-order valence-electron chi connectivity index (χ3n) is 3.43. The van der Waals surface area contributed by atoms with Crippen molar-refractivity contribution in [1.82, 2.24) is 4.98 Å². The second kappa shape index (κ2) is 4.37. The molecule has 0 bridgehead atoms. The van der Waals surface area contributed by atoms with Gasteiger partial charge in [0.1, 0.15) is 5.82 Å². The lowest BCUT2D eigenvalue weighted by atomic mass is 9.93. The van der Waals surface area contributed by atoms with Gasteiger partial charge in [0.2, 0.25) is 0 Å². The normalized spacial score (nSPS) is 14.6. The number of hydrogen-bond acceptors (Lipinski definition) is 3. The number of halogens is 2. The van der Waals surface area contributed by atoms with E-state index in [2.05, 4.69) is 10.4 Å². The number of pyridine rings is 1. The van der Waals surface area contributed by atoms with E-state index in [1.54, 1.807) is 0 Å². The van der Waals surface area contributed by atoms with E-state index >= 15 is 0 Å². The van der Waals surface area contributed by atoms with Crippen LogP contribution in [0.5, 0.6) is 0 Å². The summed E-state index contributed by atoms with van der Waals surface area (Å²) in [4.78, 5) is 4.57. The third kappa shape index (κ3) is 1.72. The molecule has 94 valence electrons. The monoisotopic (exact) mass is 265 g/mol. The van der Waals surface area contributed by atoms with Crippen LogP contribution in [0.4, 0.5) is 10.1 Å². The van der Waals surface area contributed by atoms with Crippen molar-refractivity contribution < 1.29 is 4.39 Å². The zero-order valence-corrected chi connectivity index (χ0v) is 10.5. The Morgan fingerprint density at radius 3 is 2.83 bits per heavy atom. The maximum Gasteiger partial charge on any atom is 0.125 e. The van der Waals surface area contributed by atoms with E-state index in [9.17, 15) is 4.39 Å². The molecular weight excluding hydrogens is 253 g/mol.